The van der Waals surface area contributed by atoms with Crippen molar-refractivity contribution in [2.45, 2.75) is 19.8 Å². The number of ketones is 1. The van der Waals surface area contributed by atoms with Gasteiger partial charge in [0.25, 0.3) is 0 Å². The summed E-state index contributed by atoms with van der Waals surface area (Å²) >= 11 is 0. The molecule has 0 saturated carbocycles. The highest BCUT2D eigenvalue weighted by Crippen LogP contribution is 2.15. The minimum absolute atomic E-state index is 0.127. The maximum Gasteiger partial charge on any atom is 0.185 e. The van der Waals surface area contributed by atoms with Crippen LogP contribution in [0.4, 0.5) is 4.39 Å². The van der Waals surface area contributed by atoms with Crippen molar-refractivity contribution >= 4 is 11.9 Å². The van der Waals surface area contributed by atoms with Gasteiger partial charge in [-0.05, 0) is 47.4 Å². The minimum Gasteiger partial charge on any atom is -0.289 e. The molecule has 0 radical (unpaired) electrons. The molecule has 0 saturated heterocycles. The van der Waals surface area contributed by atoms with Gasteiger partial charge < -0.3 is 0 Å². The third-order valence-electron chi connectivity index (χ3n) is 3.16. The number of carbonyl (C=O) groups is 1. The third kappa shape index (κ3) is 3.64. The van der Waals surface area contributed by atoms with Crippen LogP contribution in [0.15, 0.2) is 54.6 Å². The second-order valence-corrected chi connectivity index (χ2v) is 5.03. The van der Waals surface area contributed by atoms with E-state index in [1.165, 1.54) is 35.9 Å². The van der Waals surface area contributed by atoms with Gasteiger partial charge in [0, 0.05) is 5.56 Å². The van der Waals surface area contributed by atoms with E-state index < -0.39 is 0 Å². The molecule has 1 nitrogen and oxygen atoms in total. The topological polar surface area (TPSA) is 17.1 Å². The largest absolute Gasteiger partial charge is 0.289 e. The Morgan fingerprint density at radius 3 is 2.15 bits per heavy atom. The summed E-state index contributed by atoms with van der Waals surface area (Å²) in [5.41, 5.74) is 2.73. The molecule has 20 heavy (non-hydrogen) atoms. The number of carbonyl (C=O) groups excluding carboxylic acids is 1. The predicted molar refractivity (Wildman–Crippen MR) is 80.3 cm³/mol. The maximum atomic E-state index is 12.8. The molecule has 0 aliphatic rings. The first-order chi connectivity index (χ1) is 9.56. The zero-order valence-corrected chi connectivity index (χ0v) is 11.6. The van der Waals surface area contributed by atoms with E-state index in [9.17, 15) is 9.18 Å². The molecule has 2 aromatic rings. The maximum absolute atomic E-state index is 12.8. The molecule has 2 heteroatoms. The molecule has 0 unspecified atom stereocenters. The molecule has 0 spiro atoms. The van der Waals surface area contributed by atoms with E-state index in [4.69, 9.17) is 0 Å². The molecular formula is C18H17FO. The molecular weight excluding hydrogens is 251 g/mol. The summed E-state index contributed by atoms with van der Waals surface area (Å²) in [5.74, 6) is 0.0293. The minimum atomic E-state index is -0.338. The Bertz CT molecular complexity index is 607. The average Bonchev–Trinajstić information content (AvgIpc) is 2.46. The number of hydrogen-bond donors (Lipinski definition) is 0. The van der Waals surface area contributed by atoms with E-state index in [-0.39, 0.29) is 11.6 Å². The van der Waals surface area contributed by atoms with E-state index in [1.807, 2.05) is 12.1 Å². The summed E-state index contributed by atoms with van der Waals surface area (Å²) in [4.78, 5) is 11.9. The highest BCUT2D eigenvalue weighted by molar-refractivity contribution is 6.06. The van der Waals surface area contributed by atoms with Gasteiger partial charge in [-0.2, -0.15) is 0 Å². The summed E-state index contributed by atoms with van der Waals surface area (Å²) in [7, 11) is 0. The fraction of sp³-hybridized carbons (Fsp3) is 0.167. The number of hydrogen-bond acceptors (Lipinski definition) is 1. The van der Waals surface area contributed by atoms with Crippen LogP contribution in [0, 0.1) is 5.82 Å². The van der Waals surface area contributed by atoms with Crippen LogP contribution in [0.2, 0.25) is 0 Å². The summed E-state index contributed by atoms with van der Waals surface area (Å²) in [5, 5.41) is 0. The van der Waals surface area contributed by atoms with Crippen LogP contribution < -0.4 is 0 Å². The smallest absolute Gasteiger partial charge is 0.185 e. The van der Waals surface area contributed by atoms with E-state index >= 15 is 0 Å². The molecule has 0 aromatic heterocycles. The van der Waals surface area contributed by atoms with Crippen molar-refractivity contribution in [2.75, 3.05) is 0 Å². The van der Waals surface area contributed by atoms with Crippen molar-refractivity contribution in [3.05, 3.63) is 77.1 Å². The summed E-state index contributed by atoms with van der Waals surface area (Å²) in [6, 6.07) is 13.7. The van der Waals surface area contributed by atoms with Crippen molar-refractivity contribution < 1.29 is 9.18 Å². The molecule has 2 rings (SSSR count). The zero-order valence-electron chi connectivity index (χ0n) is 11.6. The molecule has 0 aliphatic heterocycles. The zero-order chi connectivity index (χ0) is 14.5. The van der Waals surface area contributed by atoms with Gasteiger partial charge in [0.05, 0.1) is 0 Å². The van der Waals surface area contributed by atoms with Crippen molar-refractivity contribution in [3.8, 4) is 0 Å². The predicted octanol–water partition coefficient (Wildman–Crippen LogP) is 4.85. The van der Waals surface area contributed by atoms with E-state index in [2.05, 4.69) is 26.0 Å². The van der Waals surface area contributed by atoms with Gasteiger partial charge in [-0.25, -0.2) is 4.39 Å². The first-order valence-corrected chi connectivity index (χ1v) is 6.64. The fourth-order valence-corrected chi connectivity index (χ4v) is 1.87. The molecule has 0 aliphatic carbocycles. The van der Waals surface area contributed by atoms with Gasteiger partial charge in [-0.3, -0.25) is 4.79 Å². The summed E-state index contributed by atoms with van der Waals surface area (Å²) < 4.78 is 12.8. The first kappa shape index (κ1) is 14.2. The van der Waals surface area contributed by atoms with Gasteiger partial charge in [-0.15, -0.1) is 0 Å². The molecule has 0 fully saturated rings. The molecule has 0 heterocycles. The normalized spacial score (nSPS) is 11.2. The van der Waals surface area contributed by atoms with Crippen LogP contribution in [0.1, 0.15) is 41.3 Å². The van der Waals surface area contributed by atoms with Crippen LogP contribution in [-0.4, -0.2) is 5.78 Å². The molecule has 0 atom stereocenters. The van der Waals surface area contributed by atoms with E-state index in [0.717, 1.165) is 5.56 Å². The molecule has 0 N–H and O–H groups in total. The molecule has 0 amide bonds. The van der Waals surface area contributed by atoms with Gasteiger partial charge in [-0.1, -0.05) is 44.2 Å². The number of allylic oxidation sites excluding steroid dienone is 1. The lowest BCUT2D eigenvalue weighted by atomic mass is 10.0. The monoisotopic (exact) mass is 268 g/mol. The Morgan fingerprint density at radius 2 is 1.60 bits per heavy atom. The number of rotatable bonds is 4. The lowest BCUT2D eigenvalue weighted by Crippen LogP contribution is -1.93. The highest BCUT2D eigenvalue weighted by Gasteiger charge is 2.02. The Hall–Kier alpha value is -2.22. The fourth-order valence-electron chi connectivity index (χ4n) is 1.87. The summed E-state index contributed by atoms with van der Waals surface area (Å²) in [6.45, 7) is 4.28. The van der Waals surface area contributed by atoms with E-state index in [1.54, 1.807) is 6.08 Å². The van der Waals surface area contributed by atoms with Gasteiger partial charge >= 0.3 is 0 Å². The Kier molecular flexibility index (Phi) is 4.46. The third-order valence-corrected chi connectivity index (χ3v) is 3.16. The first-order valence-electron chi connectivity index (χ1n) is 6.64. The standard InChI is InChI=1S/C18H17FO/c1-13(2)15-6-3-14(4-7-15)5-12-18(20)16-8-10-17(19)11-9-16/h3-13H,1-2H3/b12-5+. The van der Waals surface area contributed by atoms with E-state index in [0.29, 0.717) is 11.5 Å². The van der Waals surface area contributed by atoms with Crippen LogP contribution in [0.3, 0.4) is 0 Å². The van der Waals surface area contributed by atoms with Crippen molar-refractivity contribution in [1.29, 1.82) is 0 Å². The second-order valence-electron chi connectivity index (χ2n) is 5.03. The molecule has 2 aromatic carbocycles. The van der Waals surface area contributed by atoms with Crippen molar-refractivity contribution in [2.24, 2.45) is 0 Å². The van der Waals surface area contributed by atoms with Crippen LogP contribution in [-0.2, 0) is 0 Å². The highest BCUT2D eigenvalue weighted by atomic mass is 19.1. The Balaban J connectivity index is 2.08. The lowest BCUT2D eigenvalue weighted by Gasteiger charge is -2.04. The van der Waals surface area contributed by atoms with Gasteiger partial charge in [0.15, 0.2) is 5.78 Å². The van der Waals surface area contributed by atoms with Crippen molar-refractivity contribution in [1.82, 2.24) is 0 Å². The Labute approximate surface area is 118 Å². The second kappa shape index (κ2) is 6.29. The molecule has 0 bridgehead atoms. The molecule has 102 valence electrons. The quantitative estimate of drug-likeness (QED) is 0.572. The van der Waals surface area contributed by atoms with Crippen LogP contribution in [0.25, 0.3) is 6.08 Å². The SMILES string of the molecule is CC(C)c1ccc(/C=C/C(=O)c2ccc(F)cc2)cc1. The lowest BCUT2D eigenvalue weighted by molar-refractivity contribution is 0.104. The number of benzene rings is 2. The van der Waals surface area contributed by atoms with Gasteiger partial charge in [0.2, 0.25) is 0 Å². The van der Waals surface area contributed by atoms with Crippen LogP contribution in [0.5, 0.6) is 0 Å². The Morgan fingerprint density at radius 1 is 1.00 bits per heavy atom. The van der Waals surface area contributed by atoms with Crippen LogP contribution >= 0.6 is 0 Å². The van der Waals surface area contributed by atoms with Crippen molar-refractivity contribution in [3.63, 3.8) is 0 Å². The average molecular weight is 268 g/mol. The number of halogens is 1. The summed E-state index contributed by atoms with van der Waals surface area (Å²) in [6.07, 6.45) is 3.29. The van der Waals surface area contributed by atoms with Gasteiger partial charge in [0.1, 0.15) is 5.82 Å².